The first-order valence-electron chi connectivity index (χ1n) is 9.39. The highest BCUT2D eigenvalue weighted by Crippen LogP contribution is 2.10. The summed E-state index contributed by atoms with van der Waals surface area (Å²) in [6, 6.07) is 19.0. The van der Waals surface area contributed by atoms with Gasteiger partial charge < -0.3 is 20.4 Å². The summed E-state index contributed by atoms with van der Waals surface area (Å²) in [4.78, 5) is 16.6. The Morgan fingerprint density at radius 1 is 1.10 bits per heavy atom. The van der Waals surface area contributed by atoms with Gasteiger partial charge >= 0.3 is 0 Å². The summed E-state index contributed by atoms with van der Waals surface area (Å²) >= 11 is 0. The van der Waals surface area contributed by atoms with Crippen molar-refractivity contribution in [3.05, 3.63) is 84.4 Å². The molecule has 0 fully saturated rings. The number of rotatable bonds is 9. The third-order valence-corrected chi connectivity index (χ3v) is 4.30. The zero-order valence-corrected chi connectivity index (χ0v) is 18.4. The molecule has 1 heterocycles. The van der Waals surface area contributed by atoms with Gasteiger partial charge in [-0.25, -0.2) is 4.98 Å². The smallest absolute Gasteiger partial charge is 0.237 e. The molecule has 3 rings (SSSR count). The highest BCUT2D eigenvalue weighted by atomic mass is 35.5. The molecule has 3 N–H and O–H groups in total. The standard InChI is InChI=1S/C22H26N4O2.2ClH/c1-17(28-20-10-6-3-7-11-20)13-24-22(27)21(23)12-19-15-26(16-25-19)14-18-8-4-2-5-9-18;;/h2-11,15-17,21H,12-14,23H2,1H3,(H,24,27);2*1H/t17?,21-;;/m0../s1. The van der Waals surface area contributed by atoms with Crippen LogP contribution in [0.15, 0.2) is 73.2 Å². The van der Waals surface area contributed by atoms with E-state index < -0.39 is 6.04 Å². The second kappa shape index (κ2) is 12.9. The zero-order chi connectivity index (χ0) is 19.8. The molecule has 1 aromatic heterocycles. The van der Waals surface area contributed by atoms with Crippen LogP contribution in [0.25, 0.3) is 0 Å². The van der Waals surface area contributed by atoms with Crippen LogP contribution in [0.5, 0.6) is 5.75 Å². The molecule has 0 bridgehead atoms. The predicted octanol–water partition coefficient (Wildman–Crippen LogP) is 3.23. The lowest BCUT2D eigenvalue weighted by molar-refractivity contribution is -0.122. The third-order valence-electron chi connectivity index (χ3n) is 4.30. The maximum atomic E-state index is 12.3. The Bertz CT molecular complexity index is 875. The van der Waals surface area contributed by atoms with E-state index in [1.807, 2.05) is 66.2 Å². The lowest BCUT2D eigenvalue weighted by atomic mass is 10.1. The Morgan fingerprint density at radius 2 is 1.73 bits per heavy atom. The van der Waals surface area contributed by atoms with Gasteiger partial charge in [0, 0.05) is 19.2 Å². The van der Waals surface area contributed by atoms with Gasteiger partial charge in [-0.05, 0) is 24.6 Å². The summed E-state index contributed by atoms with van der Waals surface area (Å²) in [5.74, 6) is 0.568. The minimum Gasteiger partial charge on any atom is -0.489 e. The normalized spacial score (nSPS) is 12.1. The van der Waals surface area contributed by atoms with Crippen molar-refractivity contribution in [3.63, 3.8) is 0 Å². The van der Waals surface area contributed by atoms with Gasteiger partial charge in [-0.15, -0.1) is 24.8 Å². The van der Waals surface area contributed by atoms with Crippen molar-refractivity contribution < 1.29 is 9.53 Å². The number of ether oxygens (including phenoxy) is 1. The fraction of sp³-hybridized carbons (Fsp3) is 0.273. The molecule has 8 heteroatoms. The highest BCUT2D eigenvalue weighted by Gasteiger charge is 2.16. The van der Waals surface area contributed by atoms with E-state index in [0.29, 0.717) is 13.0 Å². The largest absolute Gasteiger partial charge is 0.489 e. The molecular weight excluding hydrogens is 423 g/mol. The van der Waals surface area contributed by atoms with Crippen LogP contribution in [-0.4, -0.2) is 34.1 Å². The lowest BCUT2D eigenvalue weighted by Crippen LogP contribution is -2.45. The molecule has 0 radical (unpaired) electrons. The molecule has 2 atom stereocenters. The molecular formula is C22H28Cl2N4O2. The van der Waals surface area contributed by atoms with Gasteiger partial charge in [-0.1, -0.05) is 48.5 Å². The second-order valence-corrected chi connectivity index (χ2v) is 6.82. The summed E-state index contributed by atoms with van der Waals surface area (Å²) in [5, 5.41) is 2.85. The van der Waals surface area contributed by atoms with Crippen LogP contribution in [0.4, 0.5) is 0 Å². The van der Waals surface area contributed by atoms with E-state index in [1.165, 1.54) is 5.56 Å². The van der Waals surface area contributed by atoms with Crippen LogP contribution >= 0.6 is 24.8 Å². The topological polar surface area (TPSA) is 82.2 Å². The fourth-order valence-electron chi connectivity index (χ4n) is 2.86. The van der Waals surface area contributed by atoms with E-state index in [0.717, 1.165) is 18.0 Å². The number of nitrogens with zero attached hydrogens (tertiary/aromatic N) is 2. The summed E-state index contributed by atoms with van der Waals surface area (Å²) in [6.45, 7) is 3.04. The molecule has 0 aliphatic rings. The van der Waals surface area contributed by atoms with Gasteiger partial charge in [0.15, 0.2) is 0 Å². The van der Waals surface area contributed by atoms with E-state index in [-0.39, 0.29) is 36.8 Å². The van der Waals surface area contributed by atoms with Gasteiger partial charge in [-0.2, -0.15) is 0 Å². The van der Waals surface area contributed by atoms with Gasteiger partial charge in [-0.3, -0.25) is 4.79 Å². The number of benzene rings is 2. The molecule has 0 aliphatic carbocycles. The molecule has 0 aliphatic heterocycles. The van der Waals surface area contributed by atoms with Crippen LogP contribution in [-0.2, 0) is 17.8 Å². The van der Waals surface area contributed by atoms with Crippen molar-refractivity contribution in [3.8, 4) is 5.75 Å². The number of carbonyl (C=O) groups excluding carboxylic acids is 1. The Balaban J connectivity index is 0.00000225. The van der Waals surface area contributed by atoms with E-state index in [4.69, 9.17) is 10.5 Å². The zero-order valence-electron chi connectivity index (χ0n) is 16.8. The average molecular weight is 451 g/mol. The van der Waals surface area contributed by atoms with E-state index in [1.54, 1.807) is 6.33 Å². The highest BCUT2D eigenvalue weighted by molar-refractivity contribution is 5.85. The third kappa shape index (κ3) is 8.06. The molecule has 0 saturated carbocycles. The van der Waals surface area contributed by atoms with Crippen molar-refractivity contribution in [2.24, 2.45) is 5.73 Å². The maximum Gasteiger partial charge on any atom is 0.237 e. The molecule has 1 unspecified atom stereocenters. The molecule has 2 aromatic carbocycles. The Kier molecular flexibility index (Phi) is 11.0. The summed E-state index contributed by atoms with van der Waals surface area (Å²) in [5.41, 5.74) is 8.04. The van der Waals surface area contributed by atoms with Crippen LogP contribution in [0.3, 0.4) is 0 Å². The SMILES string of the molecule is CC(CNC(=O)[C@@H](N)Cc1cn(Cc2ccccc2)cn1)Oc1ccccc1.Cl.Cl. The number of imidazole rings is 1. The van der Waals surface area contributed by atoms with Gasteiger partial charge in [0.1, 0.15) is 11.9 Å². The predicted molar refractivity (Wildman–Crippen MR) is 123 cm³/mol. The van der Waals surface area contributed by atoms with Crippen molar-refractivity contribution in [1.82, 2.24) is 14.9 Å². The number of para-hydroxylation sites is 1. The molecule has 30 heavy (non-hydrogen) atoms. The van der Waals surface area contributed by atoms with Crippen molar-refractivity contribution in [1.29, 1.82) is 0 Å². The number of nitrogens with one attached hydrogen (secondary N) is 1. The number of carbonyl (C=O) groups is 1. The number of aromatic nitrogens is 2. The van der Waals surface area contributed by atoms with Crippen LogP contribution in [0.1, 0.15) is 18.2 Å². The van der Waals surface area contributed by atoms with Gasteiger partial charge in [0.05, 0.1) is 24.6 Å². The van der Waals surface area contributed by atoms with Crippen molar-refractivity contribution in [2.45, 2.75) is 32.0 Å². The first-order valence-corrected chi connectivity index (χ1v) is 9.39. The molecule has 6 nitrogen and oxygen atoms in total. The molecule has 3 aromatic rings. The van der Waals surface area contributed by atoms with E-state index in [9.17, 15) is 4.79 Å². The number of hydrogen-bond acceptors (Lipinski definition) is 4. The first-order chi connectivity index (χ1) is 13.6. The van der Waals surface area contributed by atoms with Crippen LogP contribution in [0.2, 0.25) is 0 Å². The van der Waals surface area contributed by atoms with Crippen molar-refractivity contribution >= 4 is 30.7 Å². The average Bonchev–Trinajstić information content (AvgIpc) is 3.14. The fourth-order valence-corrected chi connectivity index (χ4v) is 2.86. The number of hydrogen-bond donors (Lipinski definition) is 2. The Morgan fingerprint density at radius 3 is 2.40 bits per heavy atom. The van der Waals surface area contributed by atoms with E-state index in [2.05, 4.69) is 22.4 Å². The maximum absolute atomic E-state index is 12.3. The minimum absolute atomic E-state index is 0. The van der Waals surface area contributed by atoms with Crippen LogP contribution < -0.4 is 15.8 Å². The summed E-state index contributed by atoms with van der Waals surface area (Å²) in [6.07, 6.45) is 3.94. The quantitative estimate of drug-likeness (QED) is 0.524. The molecule has 1 amide bonds. The number of halogens is 2. The first kappa shape index (κ1) is 25.5. The van der Waals surface area contributed by atoms with Crippen molar-refractivity contribution in [2.75, 3.05) is 6.54 Å². The second-order valence-electron chi connectivity index (χ2n) is 6.82. The van der Waals surface area contributed by atoms with Crippen LogP contribution in [0, 0.1) is 0 Å². The Labute approximate surface area is 189 Å². The number of nitrogens with two attached hydrogens (primary N) is 1. The molecule has 0 spiro atoms. The van der Waals surface area contributed by atoms with Gasteiger partial charge in [0.25, 0.3) is 0 Å². The van der Waals surface area contributed by atoms with Gasteiger partial charge in [0.2, 0.25) is 5.91 Å². The summed E-state index contributed by atoms with van der Waals surface area (Å²) < 4.78 is 7.74. The number of amides is 1. The van der Waals surface area contributed by atoms with E-state index >= 15 is 0 Å². The lowest BCUT2D eigenvalue weighted by Gasteiger charge is -2.17. The molecule has 162 valence electrons. The monoisotopic (exact) mass is 450 g/mol. The minimum atomic E-state index is -0.649. The Hall–Kier alpha value is -2.54. The summed E-state index contributed by atoms with van der Waals surface area (Å²) in [7, 11) is 0. The molecule has 0 saturated heterocycles.